The van der Waals surface area contributed by atoms with Gasteiger partial charge in [-0.25, -0.2) is 4.68 Å². The first kappa shape index (κ1) is 10.4. The summed E-state index contributed by atoms with van der Waals surface area (Å²) in [5, 5.41) is 4.00. The molecule has 2 N–H and O–H groups in total. The molecule has 7 heteroatoms. The lowest BCUT2D eigenvalue weighted by Crippen LogP contribution is -2.28. The van der Waals surface area contributed by atoms with Gasteiger partial charge < -0.3 is 10.6 Å². The number of halogens is 1. The number of anilines is 1. The van der Waals surface area contributed by atoms with Crippen molar-refractivity contribution in [1.29, 1.82) is 0 Å². The first-order valence-electron chi connectivity index (χ1n) is 4.79. The normalized spacial score (nSPS) is 21.3. The Morgan fingerprint density at radius 1 is 1.67 bits per heavy atom. The zero-order chi connectivity index (χ0) is 11.0. The van der Waals surface area contributed by atoms with Crippen molar-refractivity contribution in [2.45, 2.75) is 19.4 Å². The lowest BCUT2D eigenvalue weighted by molar-refractivity contribution is -0.130. The third-order valence-electron chi connectivity index (χ3n) is 2.55. The summed E-state index contributed by atoms with van der Waals surface area (Å²) in [6.07, 6.45) is 0.758. The summed E-state index contributed by atoms with van der Waals surface area (Å²) in [4.78, 5) is 17.6. The van der Waals surface area contributed by atoms with Gasteiger partial charge in [0, 0.05) is 13.1 Å². The fourth-order valence-corrected chi connectivity index (χ4v) is 2.29. The van der Waals surface area contributed by atoms with Crippen LogP contribution in [0, 0.1) is 0 Å². The highest BCUT2D eigenvalue weighted by Gasteiger charge is 2.34. The van der Waals surface area contributed by atoms with Gasteiger partial charge in [-0.3, -0.25) is 4.79 Å². The summed E-state index contributed by atoms with van der Waals surface area (Å²) in [7, 11) is 0. The van der Waals surface area contributed by atoms with Crippen LogP contribution in [-0.4, -0.2) is 38.7 Å². The van der Waals surface area contributed by atoms with E-state index in [0.717, 1.165) is 19.5 Å². The second kappa shape index (κ2) is 3.80. The van der Waals surface area contributed by atoms with Gasteiger partial charge in [0.1, 0.15) is 6.04 Å². The molecule has 0 bridgehead atoms. The monoisotopic (exact) mass is 273 g/mol. The molecule has 1 unspecified atom stereocenters. The molecule has 82 valence electrons. The van der Waals surface area contributed by atoms with Crippen molar-refractivity contribution in [1.82, 2.24) is 19.7 Å². The van der Waals surface area contributed by atoms with Gasteiger partial charge in [0.2, 0.25) is 11.9 Å². The van der Waals surface area contributed by atoms with Gasteiger partial charge in [-0.2, -0.15) is 4.98 Å². The summed E-state index contributed by atoms with van der Waals surface area (Å²) in [5.41, 5.74) is 5.46. The molecule has 1 aliphatic heterocycles. The maximum atomic E-state index is 11.9. The van der Waals surface area contributed by atoms with Crippen molar-refractivity contribution < 1.29 is 4.79 Å². The fraction of sp³-hybridized carbons (Fsp3) is 0.625. The number of likely N-dealkylation sites (N-methyl/N-ethyl adjacent to an activating group) is 1. The number of likely N-dealkylation sites (tertiary alicyclic amines) is 1. The maximum absolute atomic E-state index is 11.9. The molecule has 2 rings (SSSR count). The number of hydrogen-bond acceptors (Lipinski definition) is 4. The van der Waals surface area contributed by atoms with Gasteiger partial charge in [0.25, 0.3) is 0 Å². The third kappa shape index (κ3) is 1.71. The lowest BCUT2D eigenvalue weighted by Gasteiger charge is -2.13. The minimum absolute atomic E-state index is 0.0862. The fourth-order valence-electron chi connectivity index (χ4n) is 1.78. The van der Waals surface area contributed by atoms with Gasteiger partial charge in [-0.05, 0) is 29.3 Å². The highest BCUT2D eigenvalue weighted by Crippen LogP contribution is 2.25. The number of amides is 1. The van der Waals surface area contributed by atoms with Gasteiger partial charge in [0.05, 0.1) is 0 Å². The van der Waals surface area contributed by atoms with Gasteiger partial charge >= 0.3 is 0 Å². The Hall–Kier alpha value is -1.11. The Kier molecular flexibility index (Phi) is 2.64. The zero-order valence-electron chi connectivity index (χ0n) is 8.35. The van der Waals surface area contributed by atoms with Crippen LogP contribution < -0.4 is 5.73 Å². The van der Waals surface area contributed by atoms with Crippen molar-refractivity contribution >= 4 is 27.8 Å². The van der Waals surface area contributed by atoms with Crippen molar-refractivity contribution in [2.75, 3.05) is 18.8 Å². The summed E-state index contributed by atoms with van der Waals surface area (Å²) >= 11 is 3.24. The molecular formula is C8H12BrN5O. The van der Waals surface area contributed by atoms with Crippen LogP contribution in [0.1, 0.15) is 19.4 Å². The number of hydrogen-bond donors (Lipinski definition) is 1. The van der Waals surface area contributed by atoms with Crippen LogP contribution in [0.25, 0.3) is 0 Å². The van der Waals surface area contributed by atoms with Crippen molar-refractivity contribution in [2.24, 2.45) is 0 Å². The topological polar surface area (TPSA) is 77.0 Å². The molecule has 1 fully saturated rings. The molecule has 1 saturated heterocycles. The molecule has 0 radical (unpaired) electrons. The zero-order valence-corrected chi connectivity index (χ0v) is 9.94. The molecule has 15 heavy (non-hydrogen) atoms. The average Bonchev–Trinajstić information content (AvgIpc) is 2.69. The van der Waals surface area contributed by atoms with Gasteiger partial charge in [-0.15, -0.1) is 5.10 Å². The Labute approximate surface area is 95.6 Å². The van der Waals surface area contributed by atoms with E-state index in [9.17, 15) is 4.79 Å². The number of nitrogen functional groups attached to an aromatic ring is 1. The Balaban J connectivity index is 2.26. The van der Waals surface area contributed by atoms with Gasteiger partial charge in [-0.1, -0.05) is 0 Å². The van der Waals surface area contributed by atoms with E-state index < -0.39 is 0 Å². The number of rotatable bonds is 2. The Morgan fingerprint density at radius 3 is 2.87 bits per heavy atom. The van der Waals surface area contributed by atoms with Crippen molar-refractivity contribution in [3.05, 3.63) is 4.73 Å². The Bertz CT molecular complexity index is 390. The molecule has 6 nitrogen and oxygen atoms in total. The van der Waals surface area contributed by atoms with E-state index in [1.54, 1.807) is 9.58 Å². The minimum Gasteiger partial charge on any atom is -0.366 e. The predicted molar refractivity (Wildman–Crippen MR) is 58.0 cm³/mol. The summed E-state index contributed by atoms with van der Waals surface area (Å²) in [5.74, 6) is 0.271. The molecule has 1 aliphatic rings. The van der Waals surface area contributed by atoms with Crippen LogP contribution in [0.2, 0.25) is 0 Å². The molecule has 0 saturated carbocycles. The number of nitrogens with two attached hydrogens (primary N) is 1. The third-order valence-corrected chi connectivity index (χ3v) is 3.09. The van der Waals surface area contributed by atoms with E-state index in [4.69, 9.17) is 5.73 Å². The van der Waals surface area contributed by atoms with Crippen LogP contribution >= 0.6 is 15.9 Å². The summed E-state index contributed by atoms with van der Waals surface area (Å²) in [6, 6.07) is -0.260. The molecule has 0 aliphatic carbocycles. The quantitative estimate of drug-likeness (QED) is 0.847. The molecule has 1 amide bonds. The van der Waals surface area contributed by atoms with Crippen LogP contribution in [0.15, 0.2) is 4.73 Å². The summed E-state index contributed by atoms with van der Waals surface area (Å²) in [6.45, 7) is 3.47. The SMILES string of the molecule is CCN1CCC(n2nc(N)nc2Br)C1=O. The minimum atomic E-state index is -0.260. The number of nitrogens with zero attached hydrogens (tertiary/aromatic N) is 4. The molecular weight excluding hydrogens is 262 g/mol. The van der Waals surface area contributed by atoms with Crippen molar-refractivity contribution in [3.8, 4) is 0 Å². The standard InChI is InChI=1S/C8H12BrN5O/c1-2-13-4-3-5(6(13)15)14-7(9)11-8(10)12-14/h5H,2-4H2,1H3,(H2,10,12). The highest BCUT2D eigenvalue weighted by atomic mass is 79.9. The second-order valence-electron chi connectivity index (χ2n) is 3.41. The smallest absolute Gasteiger partial charge is 0.247 e. The molecule has 0 spiro atoms. The van der Waals surface area contributed by atoms with Crippen molar-refractivity contribution in [3.63, 3.8) is 0 Å². The first-order chi connectivity index (χ1) is 7.13. The van der Waals surface area contributed by atoms with E-state index in [2.05, 4.69) is 26.0 Å². The van der Waals surface area contributed by atoms with E-state index in [1.807, 2.05) is 6.92 Å². The van der Waals surface area contributed by atoms with E-state index in [-0.39, 0.29) is 17.9 Å². The number of aromatic nitrogens is 3. The molecule has 0 aromatic carbocycles. The van der Waals surface area contributed by atoms with E-state index in [1.165, 1.54) is 0 Å². The summed E-state index contributed by atoms with van der Waals surface area (Å²) < 4.78 is 2.06. The highest BCUT2D eigenvalue weighted by molar-refractivity contribution is 9.10. The van der Waals surface area contributed by atoms with Crippen LogP contribution in [0.4, 0.5) is 5.95 Å². The number of carbonyl (C=O) groups is 1. The maximum Gasteiger partial charge on any atom is 0.247 e. The largest absolute Gasteiger partial charge is 0.366 e. The van der Waals surface area contributed by atoms with Crippen LogP contribution in [-0.2, 0) is 4.79 Å². The Morgan fingerprint density at radius 2 is 2.40 bits per heavy atom. The molecule has 1 aromatic heterocycles. The van der Waals surface area contributed by atoms with Gasteiger partial charge in [0.15, 0.2) is 4.73 Å². The predicted octanol–water partition coefficient (Wildman–Crippen LogP) is 0.416. The average molecular weight is 274 g/mol. The number of carbonyl (C=O) groups excluding carboxylic acids is 1. The molecule has 1 aromatic rings. The van der Waals surface area contributed by atoms with Crippen LogP contribution in [0.3, 0.4) is 0 Å². The van der Waals surface area contributed by atoms with E-state index in [0.29, 0.717) is 4.73 Å². The van der Waals surface area contributed by atoms with Crippen LogP contribution in [0.5, 0.6) is 0 Å². The van der Waals surface area contributed by atoms with E-state index >= 15 is 0 Å². The molecule has 2 heterocycles. The lowest BCUT2D eigenvalue weighted by atomic mass is 10.3. The molecule has 1 atom stereocenters. The first-order valence-corrected chi connectivity index (χ1v) is 5.59. The second-order valence-corrected chi connectivity index (χ2v) is 4.12.